The van der Waals surface area contributed by atoms with Crippen LogP contribution in [-0.4, -0.2) is 71.7 Å². The van der Waals surface area contributed by atoms with Crippen molar-refractivity contribution in [1.29, 1.82) is 0 Å². The lowest BCUT2D eigenvalue weighted by Crippen LogP contribution is -2.49. The molecule has 10 nitrogen and oxygen atoms in total. The van der Waals surface area contributed by atoms with Gasteiger partial charge in [-0.25, -0.2) is 0 Å². The molecule has 1 saturated heterocycles. The SMILES string of the molecule is CSCCC(N)C(=O)O.NCC(=O)O.O=C1NCCNC1=O. The standard InChI is InChI=1S/C5H11NO2S.C4H6N2O2.C2H5NO2/c1-9-3-2-4(6)5(7)8;7-3-4(8)6-2-1-5-3;3-1-2(4)5/h4H,2-3,6H2,1H3,(H,7,8);1-2H2,(H,5,7)(H,6,8);1,3H2,(H,4,5). The predicted molar refractivity (Wildman–Crippen MR) is 81.3 cm³/mol. The molecule has 0 bridgehead atoms. The quantitative estimate of drug-likeness (QED) is 0.293. The van der Waals surface area contributed by atoms with Gasteiger partial charge in [-0.15, -0.1) is 0 Å². The maximum Gasteiger partial charge on any atom is 0.320 e. The molecular weight excluding hydrogens is 316 g/mol. The molecular formula is C11H22N4O6S. The second-order valence-electron chi connectivity index (χ2n) is 3.84. The van der Waals surface area contributed by atoms with Crippen LogP contribution >= 0.6 is 11.8 Å². The third-order valence-electron chi connectivity index (χ3n) is 2.03. The van der Waals surface area contributed by atoms with E-state index in [9.17, 15) is 19.2 Å². The summed E-state index contributed by atoms with van der Waals surface area (Å²) >= 11 is 1.60. The molecule has 2 amide bonds. The summed E-state index contributed by atoms with van der Waals surface area (Å²) < 4.78 is 0. The fraction of sp³-hybridized carbons (Fsp3) is 0.636. The van der Waals surface area contributed by atoms with Gasteiger partial charge in [0.05, 0.1) is 6.54 Å². The number of carboxylic acids is 2. The molecule has 0 saturated carbocycles. The summed E-state index contributed by atoms with van der Waals surface area (Å²) in [5.74, 6) is -2.13. The molecule has 1 rings (SSSR count). The number of carboxylic acid groups (broad SMARTS) is 2. The van der Waals surface area contributed by atoms with E-state index in [2.05, 4.69) is 16.4 Å². The van der Waals surface area contributed by atoms with Gasteiger partial charge in [0.15, 0.2) is 0 Å². The highest BCUT2D eigenvalue weighted by Crippen LogP contribution is 1.97. The smallest absolute Gasteiger partial charge is 0.320 e. The third kappa shape index (κ3) is 14.6. The molecule has 0 aromatic rings. The van der Waals surface area contributed by atoms with Crippen molar-refractivity contribution < 1.29 is 29.4 Å². The number of thioether (sulfide) groups is 1. The van der Waals surface area contributed by atoms with Crippen molar-refractivity contribution in [3.63, 3.8) is 0 Å². The van der Waals surface area contributed by atoms with E-state index in [-0.39, 0.29) is 6.54 Å². The van der Waals surface area contributed by atoms with E-state index in [1.807, 2.05) is 6.26 Å². The van der Waals surface area contributed by atoms with E-state index in [0.717, 1.165) is 5.75 Å². The maximum atomic E-state index is 10.3. The fourth-order valence-electron chi connectivity index (χ4n) is 0.881. The molecule has 1 atom stereocenters. The van der Waals surface area contributed by atoms with E-state index < -0.39 is 29.8 Å². The van der Waals surface area contributed by atoms with E-state index >= 15 is 0 Å². The van der Waals surface area contributed by atoms with Crippen LogP contribution in [0.15, 0.2) is 0 Å². The summed E-state index contributed by atoms with van der Waals surface area (Å²) in [6, 6.07) is -0.683. The number of nitrogens with two attached hydrogens (primary N) is 2. The minimum Gasteiger partial charge on any atom is -0.480 e. The van der Waals surface area contributed by atoms with Crippen molar-refractivity contribution in [2.75, 3.05) is 31.6 Å². The van der Waals surface area contributed by atoms with Crippen LogP contribution in [0.1, 0.15) is 6.42 Å². The zero-order valence-corrected chi connectivity index (χ0v) is 13.0. The van der Waals surface area contributed by atoms with Gasteiger partial charge in [-0.3, -0.25) is 19.2 Å². The van der Waals surface area contributed by atoms with Crippen LogP contribution < -0.4 is 22.1 Å². The monoisotopic (exact) mass is 338 g/mol. The first kappa shape index (κ1) is 22.4. The lowest BCUT2D eigenvalue weighted by molar-refractivity contribution is -0.140. The maximum absolute atomic E-state index is 10.3. The Bertz CT molecular complexity index is 364. The van der Waals surface area contributed by atoms with Gasteiger partial charge >= 0.3 is 23.8 Å². The third-order valence-corrected chi connectivity index (χ3v) is 2.67. The second-order valence-corrected chi connectivity index (χ2v) is 4.82. The van der Waals surface area contributed by atoms with Crippen molar-refractivity contribution in [2.24, 2.45) is 11.5 Å². The van der Waals surface area contributed by atoms with Crippen molar-refractivity contribution in [2.45, 2.75) is 12.5 Å². The lowest BCUT2D eigenvalue weighted by Gasteiger charge is -2.10. The molecule has 0 radical (unpaired) electrons. The van der Waals surface area contributed by atoms with Crippen LogP contribution in [0, 0.1) is 0 Å². The fourth-order valence-corrected chi connectivity index (χ4v) is 1.37. The topological polar surface area (TPSA) is 185 Å². The Balaban J connectivity index is 0. The number of carbonyl (C=O) groups excluding carboxylic acids is 2. The van der Waals surface area contributed by atoms with Gasteiger partial charge in [0.1, 0.15) is 6.04 Å². The average Bonchev–Trinajstić information content (AvgIpc) is 2.49. The van der Waals surface area contributed by atoms with Crippen molar-refractivity contribution in [3.05, 3.63) is 0 Å². The summed E-state index contributed by atoms with van der Waals surface area (Å²) in [6.07, 6.45) is 2.48. The molecule has 8 N–H and O–H groups in total. The molecule has 22 heavy (non-hydrogen) atoms. The summed E-state index contributed by atoms with van der Waals surface area (Å²) in [5, 5.41) is 20.6. The number of amides is 2. The minimum absolute atomic E-state index is 0.278. The van der Waals surface area contributed by atoms with Crippen LogP contribution in [0.2, 0.25) is 0 Å². The Kier molecular flexibility index (Phi) is 14.4. The van der Waals surface area contributed by atoms with Gasteiger partial charge in [0.25, 0.3) is 0 Å². The van der Waals surface area contributed by atoms with Crippen LogP contribution in [0.3, 0.4) is 0 Å². The highest BCUT2D eigenvalue weighted by molar-refractivity contribution is 7.98. The Morgan fingerprint density at radius 2 is 1.64 bits per heavy atom. The van der Waals surface area contributed by atoms with E-state index in [4.69, 9.17) is 15.9 Å². The summed E-state index contributed by atoms with van der Waals surface area (Å²) in [5.41, 5.74) is 9.76. The average molecular weight is 338 g/mol. The predicted octanol–water partition coefficient (Wildman–Crippen LogP) is -2.59. The van der Waals surface area contributed by atoms with E-state index in [1.165, 1.54) is 0 Å². The Morgan fingerprint density at radius 1 is 1.23 bits per heavy atom. The number of rotatable bonds is 5. The molecule has 1 unspecified atom stereocenters. The molecule has 0 aromatic carbocycles. The summed E-state index contributed by atoms with van der Waals surface area (Å²) in [4.78, 5) is 39.9. The van der Waals surface area contributed by atoms with Crippen LogP contribution in [0.4, 0.5) is 0 Å². The first-order valence-corrected chi connectivity index (χ1v) is 7.60. The van der Waals surface area contributed by atoms with Gasteiger partial charge in [-0.2, -0.15) is 11.8 Å². The second kappa shape index (κ2) is 14.1. The molecule has 1 heterocycles. The Morgan fingerprint density at radius 3 is 1.86 bits per heavy atom. The molecule has 0 aliphatic carbocycles. The molecule has 128 valence electrons. The zero-order valence-electron chi connectivity index (χ0n) is 12.2. The van der Waals surface area contributed by atoms with Crippen molar-refractivity contribution in [3.8, 4) is 0 Å². The number of carbonyl (C=O) groups is 4. The number of hydrogen-bond acceptors (Lipinski definition) is 7. The molecule has 1 fully saturated rings. The van der Waals surface area contributed by atoms with Gasteiger partial charge < -0.3 is 32.3 Å². The number of aliphatic carboxylic acids is 2. The van der Waals surface area contributed by atoms with Gasteiger partial charge in [0.2, 0.25) is 0 Å². The number of piperazine rings is 1. The lowest BCUT2D eigenvalue weighted by atomic mass is 10.2. The van der Waals surface area contributed by atoms with Crippen LogP contribution in [0.5, 0.6) is 0 Å². The van der Waals surface area contributed by atoms with Gasteiger partial charge in [-0.1, -0.05) is 0 Å². The highest BCUT2D eigenvalue weighted by atomic mass is 32.2. The van der Waals surface area contributed by atoms with Crippen LogP contribution in [-0.2, 0) is 19.2 Å². The molecule has 0 spiro atoms. The first-order chi connectivity index (χ1) is 10.3. The van der Waals surface area contributed by atoms with Crippen LogP contribution in [0.25, 0.3) is 0 Å². The van der Waals surface area contributed by atoms with E-state index in [1.54, 1.807) is 11.8 Å². The number of hydrogen-bond donors (Lipinski definition) is 6. The molecule has 1 aliphatic rings. The van der Waals surface area contributed by atoms with Crippen molar-refractivity contribution >= 4 is 35.5 Å². The zero-order chi connectivity index (χ0) is 17.5. The normalized spacial score (nSPS) is 14.1. The molecule has 1 aliphatic heterocycles. The highest BCUT2D eigenvalue weighted by Gasteiger charge is 2.15. The summed E-state index contributed by atoms with van der Waals surface area (Å²) in [6.45, 7) is 0.815. The molecule has 0 aromatic heterocycles. The van der Waals surface area contributed by atoms with Crippen molar-refractivity contribution in [1.82, 2.24) is 10.6 Å². The van der Waals surface area contributed by atoms with E-state index in [0.29, 0.717) is 19.5 Å². The van der Waals surface area contributed by atoms with Gasteiger partial charge in [-0.05, 0) is 18.4 Å². The molecule has 11 heteroatoms. The number of nitrogens with one attached hydrogen (secondary N) is 2. The first-order valence-electron chi connectivity index (χ1n) is 6.21. The largest absolute Gasteiger partial charge is 0.480 e. The summed E-state index contributed by atoms with van der Waals surface area (Å²) in [7, 11) is 0. The van der Waals surface area contributed by atoms with Gasteiger partial charge in [0, 0.05) is 13.1 Å². The Hall–Kier alpha value is -1.85. The Labute approximate surface area is 132 Å². The minimum atomic E-state index is -0.968.